The van der Waals surface area contributed by atoms with Crippen molar-refractivity contribution in [1.82, 2.24) is 29.6 Å². The van der Waals surface area contributed by atoms with Crippen molar-refractivity contribution in [3.63, 3.8) is 0 Å². The number of aromatic nitrogens is 5. The van der Waals surface area contributed by atoms with Crippen LogP contribution in [0.3, 0.4) is 0 Å². The molecule has 1 aromatic carbocycles. The Morgan fingerprint density at radius 3 is 2.51 bits per heavy atom. The molecule has 1 aliphatic heterocycles. The van der Waals surface area contributed by atoms with Crippen LogP contribution in [0.5, 0.6) is 0 Å². The van der Waals surface area contributed by atoms with Gasteiger partial charge in [0.2, 0.25) is 5.82 Å². The molecule has 4 heterocycles. The number of nitrogens with one attached hydrogen (secondary N) is 1. The van der Waals surface area contributed by atoms with Crippen molar-refractivity contribution in [3.05, 3.63) is 57.1 Å². The molecule has 39 heavy (non-hydrogen) atoms. The number of benzene rings is 1. The van der Waals surface area contributed by atoms with Gasteiger partial charge in [0.25, 0.3) is 11.4 Å². The molecule has 0 radical (unpaired) electrons. The number of fused-ring (bicyclic) bond motifs is 1. The zero-order valence-corrected chi connectivity index (χ0v) is 21.9. The molecular formula is C25H24ClF3N6O4. The summed E-state index contributed by atoms with van der Waals surface area (Å²) in [5, 5.41) is 8.08. The Morgan fingerprint density at radius 2 is 1.87 bits per heavy atom. The van der Waals surface area contributed by atoms with Crippen LogP contribution in [0.4, 0.5) is 18.0 Å². The number of aromatic amines is 1. The van der Waals surface area contributed by atoms with E-state index in [9.17, 15) is 22.8 Å². The van der Waals surface area contributed by atoms with Crippen LogP contribution in [-0.4, -0.2) is 54.4 Å². The average molecular weight is 565 g/mol. The molecule has 0 aliphatic carbocycles. The third kappa shape index (κ3) is 5.49. The largest absolute Gasteiger partial charge is 0.444 e. The van der Waals surface area contributed by atoms with E-state index in [1.165, 1.54) is 18.3 Å². The molecule has 1 aliphatic rings. The number of amides is 1. The number of alkyl halides is 3. The summed E-state index contributed by atoms with van der Waals surface area (Å²) >= 11 is 6.07. The fraction of sp³-hybridized carbons (Fsp3) is 0.400. The highest BCUT2D eigenvalue weighted by Gasteiger charge is 2.32. The molecule has 4 aromatic rings. The standard InChI is InChI=1S/C25H24ClF3N6O4/c1-24(2,3)38-23(37)34-8-6-13(7-9-34)18-11-19(36)31-21-16(12-30-35(18)21)22-32-20(33-39-22)15-5-4-14(10-17(15)26)25(27,28)29/h4-5,10-13H,6-9H2,1-3H3,(H,31,36). The molecule has 10 nitrogen and oxygen atoms in total. The molecule has 0 unspecified atom stereocenters. The van der Waals surface area contributed by atoms with Gasteiger partial charge in [-0.25, -0.2) is 9.31 Å². The van der Waals surface area contributed by atoms with Crippen molar-refractivity contribution in [1.29, 1.82) is 0 Å². The zero-order chi connectivity index (χ0) is 28.1. The number of rotatable bonds is 3. The molecule has 5 rings (SSSR count). The Hall–Kier alpha value is -3.87. The van der Waals surface area contributed by atoms with E-state index in [-0.39, 0.29) is 39.9 Å². The molecular weight excluding hydrogens is 541 g/mol. The quantitative estimate of drug-likeness (QED) is 0.348. The minimum Gasteiger partial charge on any atom is -0.444 e. The van der Waals surface area contributed by atoms with E-state index >= 15 is 0 Å². The van der Waals surface area contributed by atoms with E-state index in [0.29, 0.717) is 42.8 Å². The fourth-order valence-corrected chi connectivity index (χ4v) is 4.72. The highest BCUT2D eigenvalue weighted by molar-refractivity contribution is 6.33. The van der Waals surface area contributed by atoms with Crippen molar-refractivity contribution in [3.8, 4) is 22.8 Å². The van der Waals surface area contributed by atoms with Crippen LogP contribution >= 0.6 is 11.6 Å². The smallest absolute Gasteiger partial charge is 0.416 e. The SMILES string of the molecule is CC(C)(C)OC(=O)N1CCC(c2cc(=O)[nH]c3c(-c4nc(-c5ccc(C(F)(F)F)cc5Cl)no4)cnn23)CC1. The number of likely N-dealkylation sites (tertiary alicyclic amines) is 1. The van der Waals surface area contributed by atoms with Gasteiger partial charge < -0.3 is 19.1 Å². The summed E-state index contributed by atoms with van der Waals surface area (Å²) < 4.78 is 51.3. The molecule has 1 saturated heterocycles. The second-order valence-corrected chi connectivity index (χ2v) is 10.6. The fourth-order valence-electron chi connectivity index (χ4n) is 4.46. The van der Waals surface area contributed by atoms with Crippen molar-refractivity contribution in [2.45, 2.75) is 51.3 Å². The summed E-state index contributed by atoms with van der Waals surface area (Å²) in [6.07, 6.45) is -2.26. The number of H-pyrrole nitrogens is 1. The first-order valence-electron chi connectivity index (χ1n) is 12.1. The molecule has 1 fully saturated rings. The highest BCUT2D eigenvalue weighted by atomic mass is 35.5. The third-order valence-electron chi connectivity index (χ3n) is 6.29. The molecule has 3 aromatic heterocycles. The number of carbonyl (C=O) groups is 1. The number of hydrogen-bond acceptors (Lipinski definition) is 7. The van der Waals surface area contributed by atoms with Gasteiger partial charge in [0, 0.05) is 30.6 Å². The number of carbonyl (C=O) groups excluding carboxylic acids is 1. The van der Waals surface area contributed by atoms with Crippen LogP contribution < -0.4 is 5.56 Å². The number of hydrogen-bond donors (Lipinski definition) is 1. The maximum atomic E-state index is 13.0. The molecule has 0 spiro atoms. The Kier molecular flexibility index (Phi) is 6.65. The van der Waals surface area contributed by atoms with Gasteiger partial charge in [0.15, 0.2) is 0 Å². The topological polar surface area (TPSA) is 119 Å². The summed E-state index contributed by atoms with van der Waals surface area (Å²) in [6.45, 7) is 6.35. The summed E-state index contributed by atoms with van der Waals surface area (Å²) in [6, 6.07) is 4.31. The van der Waals surface area contributed by atoms with Crippen molar-refractivity contribution >= 4 is 23.3 Å². The second kappa shape index (κ2) is 9.70. The predicted octanol–water partition coefficient (Wildman–Crippen LogP) is 5.53. The molecule has 1 amide bonds. The first-order valence-corrected chi connectivity index (χ1v) is 12.5. The van der Waals surface area contributed by atoms with Crippen LogP contribution in [0.15, 0.2) is 39.8 Å². The van der Waals surface area contributed by atoms with E-state index in [2.05, 4.69) is 20.2 Å². The van der Waals surface area contributed by atoms with Crippen LogP contribution in [0, 0.1) is 0 Å². The van der Waals surface area contributed by atoms with Gasteiger partial charge >= 0.3 is 12.3 Å². The lowest BCUT2D eigenvalue weighted by atomic mass is 9.93. The highest BCUT2D eigenvalue weighted by Crippen LogP contribution is 2.36. The lowest BCUT2D eigenvalue weighted by Crippen LogP contribution is -2.41. The third-order valence-corrected chi connectivity index (χ3v) is 6.61. The maximum Gasteiger partial charge on any atom is 0.416 e. The first-order chi connectivity index (χ1) is 18.3. The lowest BCUT2D eigenvalue weighted by molar-refractivity contribution is -0.137. The van der Waals surface area contributed by atoms with Crippen molar-refractivity contribution in [2.75, 3.05) is 13.1 Å². The molecule has 206 valence electrons. The van der Waals surface area contributed by atoms with Gasteiger partial charge in [0.05, 0.1) is 22.5 Å². The van der Waals surface area contributed by atoms with Gasteiger partial charge in [-0.3, -0.25) is 4.79 Å². The monoisotopic (exact) mass is 564 g/mol. The maximum absolute atomic E-state index is 13.0. The van der Waals surface area contributed by atoms with E-state index in [0.717, 1.165) is 12.1 Å². The molecule has 14 heteroatoms. The molecule has 0 saturated carbocycles. The number of ether oxygens (including phenoxy) is 1. The van der Waals surface area contributed by atoms with Crippen LogP contribution in [0.25, 0.3) is 28.5 Å². The summed E-state index contributed by atoms with van der Waals surface area (Å²) in [4.78, 5) is 33.7. The number of halogens is 4. The summed E-state index contributed by atoms with van der Waals surface area (Å²) in [5.41, 5.74) is -0.381. The van der Waals surface area contributed by atoms with Crippen molar-refractivity contribution in [2.24, 2.45) is 0 Å². The minimum absolute atomic E-state index is 0.00325. The van der Waals surface area contributed by atoms with Gasteiger partial charge in [0.1, 0.15) is 16.8 Å². The summed E-state index contributed by atoms with van der Waals surface area (Å²) in [5.74, 6) is -0.0648. The normalized spacial score (nSPS) is 15.2. The molecule has 0 atom stereocenters. The van der Waals surface area contributed by atoms with Crippen LogP contribution in [-0.2, 0) is 10.9 Å². The Balaban J connectivity index is 1.41. The minimum atomic E-state index is -4.54. The number of piperidine rings is 1. The predicted molar refractivity (Wildman–Crippen MR) is 134 cm³/mol. The van der Waals surface area contributed by atoms with Gasteiger partial charge in [-0.2, -0.15) is 23.3 Å². The first kappa shape index (κ1) is 26.7. The van der Waals surface area contributed by atoms with Gasteiger partial charge in [-0.05, 0) is 51.8 Å². The van der Waals surface area contributed by atoms with E-state index in [1.807, 2.05) is 20.8 Å². The number of nitrogens with zero attached hydrogens (tertiary/aromatic N) is 5. The lowest BCUT2D eigenvalue weighted by Gasteiger charge is -2.33. The van der Waals surface area contributed by atoms with Crippen molar-refractivity contribution < 1.29 is 27.2 Å². The second-order valence-electron chi connectivity index (χ2n) is 10.2. The molecule has 0 bridgehead atoms. The van der Waals surface area contributed by atoms with Crippen LogP contribution in [0.1, 0.15) is 50.8 Å². The van der Waals surface area contributed by atoms with E-state index in [4.69, 9.17) is 20.9 Å². The Bertz CT molecular complexity index is 1600. The van der Waals surface area contributed by atoms with E-state index in [1.54, 1.807) is 9.42 Å². The van der Waals surface area contributed by atoms with Gasteiger partial charge in [-0.1, -0.05) is 16.8 Å². The summed E-state index contributed by atoms with van der Waals surface area (Å²) in [7, 11) is 0. The van der Waals surface area contributed by atoms with Gasteiger partial charge in [-0.15, -0.1) is 0 Å². The Morgan fingerprint density at radius 1 is 1.15 bits per heavy atom. The molecule has 1 N–H and O–H groups in total. The van der Waals surface area contributed by atoms with E-state index < -0.39 is 17.3 Å². The zero-order valence-electron chi connectivity index (χ0n) is 21.2. The Labute approximate surface area is 224 Å². The average Bonchev–Trinajstić information content (AvgIpc) is 3.49. The van der Waals surface area contributed by atoms with Crippen LogP contribution in [0.2, 0.25) is 5.02 Å².